The number of aliphatic hydroxyl groups excluding tert-OH is 2. The smallest absolute Gasteiger partial charge is 0.305 e. The van der Waals surface area contributed by atoms with Crippen LogP contribution >= 0.6 is 0 Å². The van der Waals surface area contributed by atoms with Crippen molar-refractivity contribution in [1.82, 2.24) is 9.80 Å². The molecule has 2 N–H and O–H groups in total. The summed E-state index contributed by atoms with van der Waals surface area (Å²) in [5, 5.41) is 19.1. The van der Waals surface area contributed by atoms with Crippen LogP contribution in [-0.4, -0.2) is 201 Å². The molecule has 0 saturated heterocycles. The average Bonchev–Trinajstić information content (AvgIpc) is 0.919. The van der Waals surface area contributed by atoms with Crippen LogP contribution in [0.5, 0.6) is 0 Å². The van der Waals surface area contributed by atoms with Crippen LogP contribution in [-0.2, 0) is 76.0 Å². The highest BCUT2D eigenvalue weighted by Crippen LogP contribution is 2.32. The molecule has 138 heavy (non-hydrogen) atoms. The molecule has 822 valence electrons. The molecule has 0 saturated carbocycles. The number of aliphatic hydroxyl groups is 2. The van der Waals surface area contributed by atoms with E-state index in [9.17, 15) is 29.4 Å². The van der Waals surface area contributed by atoms with Crippen LogP contribution < -0.4 is 0 Å². The predicted molar refractivity (Wildman–Crippen MR) is 575 cm³/mol. The van der Waals surface area contributed by atoms with Crippen LogP contribution in [0.25, 0.3) is 0 Å². The van der Waals surface area contributed by atoms with Crippen molar-refractivity contribution in [3.63, 3.8) is 0 Å². The Morgan fingerprint density at radius 1 is 0.181 bits per heavy atom. The Morgan fingerprint density at radius 3 is 0.572 bits per heavy atom. The van der Waals surface area contributed by atoms with Gasteiger partial charge >= 0.3 is 23.9 Å². The zero-order chi connectivity index (χ0) is 100. The maximum Gasteiger partial charge on any atom is 0.305 e. The van der Waals surface area contributed by atoms with E-state index in [4.69, 9.17) is 56.8 Å². The number of unbranched alkanes of at least 4 members (excludes halogenated alkanes) is 53. The fourth-order valence-corrected chi connectivity index (χ4v) is 18.5. The van der Waals surface area contributed by atoms with Crippen molar-refractivity contribution in [3.8, 4) is 0 Å². The van der Waals surface area contributed by atoms with E-state index in [0.717, 1.165) is 232 Å². The monoisotopic (exact) mass is 1970 g/mol. The zero-order valence-corrected chi connectivity index (χ0v) is 92.5. The lowest BCUT2D eigenvalue weighted by Gasteiger charge is -2.27. The molecule has 4 atom stereocenters. The van der Waals surface area contributed by atoms with Crippen molar-refractivity contribution >= 4 is 23.9 Å². The Morgan fingerprint density at radius 2 is 0.348 bits per heavy atom. The van der Waals surface area contributed by atoms with Gasteiger partial charge in [0.1, 0.15) is 0 Å². The van der Waals surface area contributed by atoms with Crippen LogP contribution in [0.4, 0.5) is 0 Å². The van der Waals surface area contributed by atoms with Crippen LogP contribution in [0, 0.1) is 11.8 Å². The molecule has 20 nitrogen and oxygen atoms in total. The van der Waals surface area contributed by atoms with Gasteiger partial charge in [0, 0.05) is 91.8 Å². The van der Waals surface area contributed by atoms with Gasteiger partial charge in [-0.3, -0.25) is 19.2 Å². The molecule has 20 heteroatoms. The number of esters is 4. The van der Waals surface area contributed by atoms with Gasteiger partial charge in [-0.25, -0.2) is 0 Å². The Labute approximate surface area is 853 Å². The van der Waals surface area contributed by atoms with E-state index in [1.807, 2.05) is 0 Å². The molecule has 0 aliphatic rings. The number of rotatable bonds is 119. The normalized spacial score (nSPS) is 12.8. The van der Waals surface area contributed by atoms with E-state index in [-0.39, 0.29) is 62.5 Å². The molecule has 0 aromatic rings. The molecule has 0 bridgehead atoms. The van der Waals surface area contributed by atoms with Crippen molar-refractivity contribution in [1.29, 1.82) is 0 Å². The Hall–Kier alpha value is -2.60. The molecule has 0 spiro atoms. The van der Waals surface area contributed by atoms with Crippen molar-refractivity contribution in [3.05, 3.63) is 0 Å². The van der Waals surface area contributed by atoms with Gasteiger partial charge < -0.3 is 76.9 Å². The van der Waals surface area contributed by atoms with E-state index in [0.29, 0.717) is 130 Å². The topological polar surface area (TPSA) is 226 Å². The highest BCUT2D eigenvalue weighted by molar-refractivity contribution is 5.70. The summed E-state index contributed by atoms with van der Waals surface area (Å²) in [5.74, 6) is 0.716. The fraction of sp³-hybridized carbons (Fsp3) is 0.966. The number of carbonyl (C=O) groups excluding carboxylic acids is 4. The third-order valence-electron chi connectivity index (χ3n) is 27.6. The third-order valence-corrected chi connectivity index (χ3v) is 27.6. The molecule has 0 heterocycles. The van der Waals surface area contributed by atoms with Gasteiger partial charge in [0.05, 0.1) is 52.1 Å². The standard InChI is InChI=1S/C118H232N2O18/c1-9-17-24-30-36-45-68-101-131-115(132-102-69-46-37-31-25-18-10-2)85-81-111(123)127-97-66-52-43-58-89-119(93-62-64-95-121)90-59-44-53-67-98-128-112(124)84-88-118(136-106-73-50-41-35-29-22-14-6)138-108-77-57-80-110(78-23-15-7)109(16-8)79-56-42-51-74-107-137-117(135-105-72-49-40-34-28-21-13-5)87-83-114(126)130-100-76-55-61-92-120(94-63-65-96-122)91-60-54-75-99-129-113(125)82-86-116(133-103-70-47-38-32-26-19-11-3)134-104-71-48-39-33-27-20-12-4/h109-110,115-118,121-122H,9-108H2,1-8H3. The minimum Gasteiger partial charge on any atom is -0.466 e. The summed E-state index contributed by atoms with van der Waals surface area (Å²) in [4.78, 5) is 57.2. The quantitative estimate of drug-likeness (QED) is 0.0250. The lowest BCUT2D eigenvalue weighted by Crippen LogP contribution is -2.27. The molecule has 0 aliphatic carbocycles. The van der Waals surface area contributed by atoms with E-state index in [2.05, 4.69) is 65.2 Å². The van der Waals surface area contributed by atoms with E-state index in [1.54, 1.807) is 0 Å². The van der Waals surface area contributed by atoms with Crippen LogP contribution in [0.2, 0.25) is 0 Å². The molecule has 0 fully saturated rings. The minimum absolute atomic E-state index is 0.162. The second-order valence-electron chi connectivity index (χ2n) is 40.7. The van der Waals surface area contributed by atoms with Gasteiger partial charge in [0.15, 0.2) is 25.2 Å². The van der Waals surface area contributed by atoms with Crippen molar-refractivity contribution in [2.45, 2.75) is 594 Å². The summed E-state index contributed by atoms with van der Waals surface area (Å²) < 4.78 is 73.4. The van der Waals surface area contributed by atoms with Crippen molar-refractivity contribution < 1.29 is 86.2 Å². The largest absolute Gasteiger partial charge is 0.466 e. The summed E-state index contributed by atoms with van der Waals surface area (Å²) in [6, 6.07) is 0. The minimum atomic E-state index is -0.414. The van der Waals surface area contributed by atoms with E-state index < -0.39 is 12.6 Å². The highest BCUT2D eigenvalue weighted by atomic mass is 16.7. The first-order valence-electron chi connectivity index (χ1n) is 60.2. The lowest BCUT2D eigenvalue weighted by atomic mass is 9.79. The molecule has 0 aromatic carbocycles. The molecule has 0 radical (unpaired) electrons. The van der Waals surface area contributed by atoms with E-state index >= 15 is 0 Å². The molecule has 0 rings (SSSR count). The third kappa shape index (κ3) is 99.4. The average molecular weight is 1970 g/mol. The predicted octanol–water partition coefficient (Wildman–Crippen LogP) is 31.8. The maximum absolute atomic E-state index is 13.2. The summed E-state index contributed by atoms with van der Waals surface area (Å²) in [6.45, 7) is 31.6. The number of nitrogens with zero attached hydrogens (tertiary/aromatic N) is 2. The van der Waals surface area contributed by atoms with Gasteiger partial charge in [-0.15, -0.1) is 0 Å². The maximum atomic E-state index is 13.2. The molecular formula is C118H232N2O18. The van der Waals surface area contributed by atoms with Crippen molar-refractivity contribution in [2.75, 3.05) is 132 Å². The Balaban J connectivity index is 5.13. The van der Waals surface area contributed by atoms with Gasteiger partial charge in [-0.1, -0.05) is 376 Å². The summed E-state index contributed by atoms with van der Waals surface area (Å²) in [6.07, 6.45) is 84.6. The Kier molecular flexibility index (Phi) is 111. The fourth-order valence-electron chi connectivity index (χ4n) is 18.5. The number of carbonyl (C=O) groups is 4. The van der Waals surface area contributed by atoms with Crippen LogP contribution in [0.1, 0.15) is 569 Å². The zero-order valence-electron chi connectivity index (χ0n) is 92.5. The highest BCUT2D eigenvalue weighted by Gasteiger charge is 2.23. The molecule has 0 aliphatic heterocycles. The first kappa shape index (κ1) is 135. The first-order chi connectivity index (χ1) is 68.0. The number of hydrogen-bond acceptors (Lipinski definition) is 20. The second kappa shape index (κ2) is 113. The van der Waals surface area contributed by atoms with Gasteiger partial charge in [0.25, 0.3) is 0 Å². The van der Waals surface area contributed by atoms with Crippen LogP contribution in [0.15, 0.2) is 0 Å². The van der Waals surface area contributed by atoms with Gasteiger partial charge in [-0.05, 0) is 192 Å². The summed E-state index contributed by atoms with van der Waals surface area (Å²) >= 11 is 0. The molecule has 0 aromatic heterocycles. The second-order valence-corrected chi connectivity index (χ2v) is 40.7. The number of hydrogen-bond donors (Lipinski definition) is 2. The molecule has 0 amide bonds. The molecule has 4 unspecified atom stereocenters. The SMILES string of the molecule is CCCCCCCCCOC(CCC(=O)OCCCCCCN(CCCCO)CCCCCCOC(=O)CCC(OCCCCCCCCC)OCCCCC(CCCC)C(CC)CCCCCCOC(CCC(=O)OCCCCCN(CCCCO)CCCCCOC(=O)CCC(OCCCCCCCCC)OCCCCCCCCC)OCCCCCCCCC)OCCCCCCCCC. The lowest BCUT2D eigenvalue weighted by molar-refractivity contribution is -0.159. The van der Waals surface area contributed by atoms with Crippen LogP contribution in [0.3, 0.4) is 0 Å². The van der Waals surface area contributed by atoms with Gasteiger partial charge in [0.2, 0.25) is 0 Å². The molecular weight excluding hydrogens is 1730 g/mol. The Bertz CT molecular complexity index is 2380. The van der Waals surface area contributed by atoms with Crippen molar-refractivity contribution in [2.24, 2.45) is 11.8 Å². The first-order valence-corrected chi connectivity index (χ1v) is 60.2. The summed E-state index contributed by atoms with van der Waals surface area (Å²) in [7, 11) is 0. The van der Waals surface area contributed by atoms with E-state index in [1.165, 1.54) is 270 Å². The van der Waals surface area contributed by atoms with Gasteiger partial charge in [-0.2, -0.15) is 0 Å². The summed E-state index contributed by atoms with van der Waals surface area (Å²) in [5.41, 5.74) is 0. The number of ether oxygens (including phenoxy) is 12.